The Morgan fingerprint density at radius 3 is 2.44 bits per heavy atom. The van der Waals surface area contributed by atoms with Gasteiger partial charge < -0.3 is 15.2 Å². The highest BCUT2D eigenvalue weighted by molar-refractivity contribution is 7.23. The van der Waals surface area contributed by atoms with Crippen LogP contribution >= 0.6 is 22.9 Å². The molecule has 0 atom stereocenters. The highest BCUT2D eigenvalue weighted by Crippen LogP contribution is 2.48. The molecule has 0 radical (unpaired) electrons. The lowest BCUT2D eigenvalue weighted by molar-refractivity contribution is 0.471. The Bertz CT molecular complexity index is 1250. The van der Waals surface area contributed by atoms with E-state index in [1.54, 1.807) is 12.1 Å². The number of aromatic hydroxyl groups is 2. The van der Waals surface area contributed by atoms with Crippen LogP contribution in [0.3, 0.4) is 0 Å². The molecule has 2 aromatic heterocycles. The van der Waals surface area contributed by atoms with Crippen LogP contribution in [0.4, 0.5) is 4.39 Å². The molecule has 0 aliphatic heterocycles. The van der Waals surface area contributed by atoms with E-state index in [1.165, 1.54) is 12.1 Å². The van der Waals surface area contributed by atoms with E-state index < -0.39 is 11.4 Å². The number of phenols is 1. The molecule has 4 rings (SSSR count). The molecule has 0 aliphatic carbocycles. The summed E-state index contributed by atoms with van der Waals surface area (Å²) >= 11 is 7.40. The summed E-state index contributed by atoms with van der Waals surface area (Å²) in [6.07, 6.45) is 0. The molecular formula is C20H13ClFNO3S. The molecule has 2 heterocycles. The molecule has 2 aromatic carbocycles. The molecule has 4 aromatic rings. The number of aromatic amines is 1. The maximum absolute atomic E-state index is 13.4. The largest absolute Gasteiger partial charge is 0.507 e. The van der Waals surface area contributed by atoms with Crippen LogP contribution in [-0.4, -0.2) is 15.2 Å². The first-order chi connectivity index (χ1) is 12.9. The number of aromatic nitrogens is 1. The number of halogens is 2. The molecule has 0 fully saturated rings. The third-order valence-corrected chi connectivity index (χ3v) is 5.68. The minimum Gasteiger partial charge on any atom is -0.507 e. The van der Waals surface area contributed by atoms with Crippen LogP contribution in [0.5, 0.6) is 11.5 Å². The quantitative estimate of drug-likeness (QED) is 0.419. The Labute approximate surface area is 162 Å². The van der Waals surface area contributed by atoms with Gasteiger partial charge in [0, 0.05) is 17.2 Å². The summed E-state index contributed by atoms with van der Waals surface area (Å²) in [6.45, 7) is 1.92. The Morgan fingerprint density at radius 1 is 1.07 bits per heavy atom. The van der Waals surface area contributed by atoms with Crippen LogP contribution in [-0.2, 0) is 0 Å². The first-order valence-corrected chi connectivity index (χ1v) is 9.19. The number of hydrogen-bond donors (Lipinski definition) is 3. The van der Waals surface area contributed by atoms with Crippen molar-refractivity contribution >= 4 is 33.2 Å². The van der Waals surface area contributed by atoms with Crippen LogP contribution in [0.2, 0.25) is 4.34 Å². The van der Waals surface area contributed by atoms with Crippen molar-refractivity contribution in [2.75, 3.05) is 0 Å². The third-order valence-electron chi connectivity index (χ3n) is 4.36. The van der Waals surface area contributed by atoms with Crippen molar-refractivity contribution in [1.29, 1.82) is 0 Å². The van der Waals surface area contributed by atoms with Crippen molar-refractivity contribution in [3.63, 3.8) is 0 Å². The van der Waals surface area contributed by atoms with Gasteiger partial charge in [-0.1, -0.05) is 41.4 Å². The molecule has 0 aliphatic rings. The normalized spacial score (nSPS) is 11.2. The van der Waals surface area contributed by atoms with Crippen molar-refractivity contribution in [2.45, 2.75) is 6.92 Å². The maximum atomic E-state index is 13.4. The second-order valence-corrected chi connectivity index (χ2v) is 7.78. The summed E-state index contributed by atoms with van der Waals surface area (Å²) < 4.78 is 13.6. The molecule has 0 amide bonds. The second-order valence-electron chi connectivity index (χ2n) is 6.16. The van der Waals surface area contributed by atoms with Gasteiger partial charge in [0.25, 0.3) is 5.56 Å². The van der Waals surface area contributed by atoms with E-state index in [4.69, 9.17) is 11.6 Å². The lowest BCUT2D eigenvalue weighted by atomic mass is 9.99. The molecule has 3 N–H and O–H groups in total. The van der Waals surface area contributed by atoms with E-state index in [2.05, 4.69) is 4.98 Å². The van der Waals surface area contributed by atoms with Crippen LogP contribution < -0.4 is 5.56 Å². The van der Waals surface area contributed by atoms with Crippen molar-refractivity contribution in [3.8, 4) is 33.8 Å². The number of pyridine rings is 1. The van der Waals surface area contributed by atoms with Crippen molar-refractivity contribution < 1.29 is 14.6 Å². The summed E-state index contributed by atoms with van der Waals surface area (Å²) in [5, 5.41) is 21.4. The topological polar surface area (TPSA) is 73.3 Å². The number of thiophene rings is 1. The van der Waals surface area contributed by atoms with Gasteiger partial charge in [-0.3, -0.25) is 4.79 Å². The first kappa shape index (κ1) is 17.6. The Kier molecular flexibility index (Phi) is 4.17. The minimum atomic E-state index is -0.593. The molecule has 0 spiro atoms. The standard InChI is InChI=1S/C20H13ClFNO3S/c1-9-2-4-10(5-3-9)14-17(25)16-15(12-7-6-11(22)8-13(12)24)18(21)27-20(16)23-19(14)26/h2-8,24H,1H3,(H2,23,25,26). The van der Waals surface area contributed by atoms with Crippen molar-refractivity contribution in [3.05, 3.63) is 68.5 Å². The van der Waals surface area contributed by atoms with Gasteiger partial charge in [-0.25, -0.2) is 4.39 Å². The number of hydrogen-bond acceptors (Lipinski definition) is 4. The van der Waals surface area contributed by atoms with Gasteiger partial charge in [0.1, 0.15) is 26.5 Å². The lowest BCUT2D eigenvalue weighted by Gasteiger charge is -2.09. The van der Waals surface area contributed by atoms with Crippen LogP contribution in [0.25, 0.3) is 32.5 Å². The molecule has 27 heavy (non-hydrogen) atoms. The summed E-state index contributed by atoms with van der Waals surface area (Å²) in [4.78, 5) is 15.7. The van der Waals surface area contributed by atoms with Crippen molar-refractivity contribution in [2.24, 2.45) is 0 Å². The van der Waals surface area contributed by atoms with Crippen LogP contribution in [0, 0.1) is 12.7 Å². The number of rotatable bonds is 2. The minimum absolute atomic E-state index is 0.111. The molecule has 0 saturated heterocycles. The Hall–Kier alpha value is -2.83. The van der Waals surface area contributed by atoms with Gasteiger partial charge in [0.05, 0.1) is 10.9 Å². The molecule has 4 nitrogen and oxygen atoms in total. The van der Waals surface area contributed by atoms with Gasteiger partial charge >= 0.3 is 0 Å². The predicted molar refractivity (Wildman–Crippen MR) is 106 cm³/mol. The zero-order valence-corrected chi connectivity index (χ0v) is 15.6. The number of fused-ring (bicyclic) bond motifs is 1. The number of aryl methyl sites for hydroxylation is 1. The van der Waals surface area contributed by atoms with E-state index in [0.717, 1.165) is 23.0 Å². The summed E-state index contributed by atoms with van der Waals surface area (Å²) in [7, 11) is 0. The molecule has 0 unspecified atom stereocenters. The van der Waals surface area contributed by atoms with Gasteiger partial charge in [0.15, 0.2) is 0 Å². The number of benzene rings is 2. The summed E-state index contributed by atoms with van der Waals surface area (Å²) in [6, 6.07) is 10.7. The molecule has 0 bridgehead atoms. The lowest BCUT2D eigenvalue weighted by Crippen LogP contribution is -2.08. The average molecular weight is 402 g/mol. The number of nitrogens with one attached hydrogen (secondary N) is 1. The van der Waals surface area contributed by atoms with Gasteiger partial charge in [-0.05, 0) is 24.6 Å². The smallest absolute Gasteiger partial charge is 0.260 e. The van der Waals surface area contributed by atoms with Gasteiger partial charge in [-0.2, -0.15) is 0 Å². The SMILES string of the molecule is Cc1ccc(-c2c(O)c3c(-c4ccc(F)cc4O)c(Cl)sc3[nH]c2=O)cc1. The van der Waals surface area contributed by atoms with E-state index in [1.807, 2.05) is 19.1 Å². The fourth-order valence-corrected chi connectivity index (χ4v) is 4.43. The zero-order valence-electron chi connectivity index (χ0n) is 14.0. The van der Waals surface area contributed by atoms with E-state index in [0.29, 0.717) is 21.3 Å². The first-order valence-electron chi connectivity index (χ1n) is 8.00. The number of phenolic OH excluding ortho intramolecular Hbond substituents is 1. The average Bonchev–Trinajstić information content (AvgIpc) is 2.92. The van der Waals surface area contributed by atoms with Gasteiger partial charge in [-0.15, -0.1) is 11.3 Å². The Balaban J connectivity index is 2.07. The molecular weight excluding hydrogens is 389 g/mol. The van der Waals surface area contributed by atoms with E-state index >= 15 is 0 Å². The zero-order chi connectivity index (χ0) is 19.3. The molecule has 0 saturated carbocycles. The fraction of sp³-hybridized carbons (Fsp3) is 0.0500. The van der Waals surface area contributed by atoms with Crippen molar-refractivity contribution in [1.82, 2.24) is 4.98 Å². The van der Waals surface area contributed by atoms with E-state index in [-0.39, 0.29) is 27.0 Å². The maximum Gasteiger partial charge on any atom is 0.260 e. The molecule has 7 heteroatoms. The second kappa shape index (κ2) is 6.40. The number of H-pyrrole nitrogens is 1. The van der Waals surface area contributed by atoms with Gasteiger partial charge in [0.2, 0.25) is 0 Å². The van der Waals surface area contributed by atoms with Crippen LogP contribution in [0.1, 0.15) is 5.56 Å². The summed E-state index contributed by atoms with van der Waals surface area (Å²) in [5.74, 6) is -1.14. The fourth-order valence-electron chi connectivity index (χ4n) is 3.06. The predicted octanol–water partition coefficient (Wildman–Crippen LogP) is 5.44. The Morgan fingerprint density at radius 2 is 1.78 bits per heavy atom. The highest BCUT2D eigenvalue weighted by atomic mass is 35.5. The van der Waals surface area contributed by atoms with E-state index in [9.17, 15) is 19.4 Å². The van der Waals surface area contributed by atoms with Crippen LogP contribution in [0.15, 0.2) is 47.3 Å². The molecule has 136 valence electrons. The highest BCUT2D eigenvalue weighted by Gasteiger charge is 2.23. The summed E-state index contributed by atoms with van der Waals surface area (Å²) in [5.41, 5.74) is 1.85. The monoisotopic (exact) mass is 401 g/mol. The third kappa shape index (κ3) is 2.87.